The van der Waals surface area contributed by atoms with E-state index < -0.39 is 0 Å². The fourth-order valence-corrected chi connectivity index (χ4v) is 2.33. The number of hydrogen-bond acceptors (Lipinski definition) is 3. The molecule has 0 saturated carbocycles. The summed E-state index contributed by atoms with van der Waals surface area (Å²) in [5.41, 5.74) is 3.63. The third kappa shape index (κ3) is 1.98. The second-order valence-electron chi connectivity index (χ2n) is 4.45. The number of ether oxygens (including phenoxy) is 1. The van der Waals surface area contributed by atoms with Gasteiger partial charge in [0.05, 0.1) is 18.7 Å². The van der Waals surface area contributed by atoms with E-state index in [-0.39, 0.29) is 0 Å². The van der Waals surface area contributed by atoms with Crippen molar-refractivity contribution in [2.24, 2.45) is 0 Å². The van der Waals surface area contributed by atoms with Gasteiger partial charge in [0.1, 0.15) is 0 Å². The third-order valence-corrected chi connectivity index (χ3v) is 3.23. The summed E-state index contributed by atoms with van der Waals surface area (Å²) in [6.45, 7) is 5.68. The standard InChI is InChI=1S/C14H16N2O/c1-11-2-3-13-12(10-11)14(4-5-15-13)16-6-8-17-9-7-16/h2-5,10H,6-9H2,1H3. The van der Waals surface area contributed by atoms with Gasteiger partial charge in [-0.05, 0) is 25.1 Å². The van der Waals surface area contributed by atoms with E-state index in [2.05, 4.69) is 41.1 Å². The molecular weight excluding hydrogens is 212 g/mol. The topological polar surface area (TPSA) is 25.4 Å². The maximum Gasteiger partial charge on any atom is 0.0722 e. The molecule has 0 spiro atoms. The molecule has 2 aromatic rings. The number of hydrogen-bond donors (Lipinski definition) is 0. The van der Waals surface area contributed by atoms with Crippen molar-refractivity contribution in [1.29, 1.82) is 0 Å². The highest BCUT2D eigenvalue weighted by Gasteiger charge is 2.13. The first-order valence-electron chi connectivity index (χ1n) is 6.03. The number of morpholine rings is 1. The van der Waals surface area contributed by atoms with Crippen molar-refractivity contribution >= 4 is 16.6 Å². The first-order chi connectivity index (χ1) is 8.34. The predicted molar refractivity (Wildman–Crippen MR) is 69.5 cm³/mol. The average Bonchev–Trinajstić information content (AvgIpc) is 2.39. The molecule has 0 bridgehead atoms. The Hall–Kier alpha value is -1.61. The average molecular weight is 228 g/mol. The van der Waals surface area contributed by atoms with Crippen LogP contribution < -0.4 is 4.90 Å². The normalized spacial score (nSPS) is 16.4. The molecule has 1 saturated heterocycles. The van der Waals surface area contributed by atoms with E-state index in [9.17, 15) is 0 Å². The van der Waals surface area contributed by atoms with Crippen LogP contribution in [0.25, 0.3) is 10.9 Å². The highest BCUT2D eigenvalue weighted by molar-refractivity contribution is 5.92. The minimum Gasteiger partial charge on any atom is -0.378 e. The minimum atomic E-state index is 0.815. The largest absolute Gasteiger partial charge is 0.378 e. The van der Waals surface area contributed by atoms with Crippen molar-refractivity contribution in [2.45, 2.75) is 6.92 Å². The van der Waals surface area contributed by atoms with Crippen LogP contribution in [0.4, 0.5) is 5.69 Å². The van der Waals surface area contributed by atoms with Crippen molar-refractivity contribution in [1.82, 2.24) is 4.98 Å². The Bertz CT molecular complexity index is 533. The Morgan fingerprint density at radius 2 is 2.00 bits per heavy atom. The molecule has 2 heterocycles. The van der Waals surface area contributed by atoms with Gasteiger partial charge >= 0.3 is 0 Å². The molecule has 1 aliphatic heterocycles. The first kappa shape index (κ1) is 10.5. The lowest BCUT2D eigenvalue weighted by molar-refractivity contribution is 0.123. The molecule has 0 aliphatic carbocycles. The Morgan fingerprint density at radius 3 is 2.82 bits per heavy atom. The van der Waals surface area contributed by atoms with Gasteiger partial charge in [-0.3, -0.25) is 4.98 Å². The highest BCUT2D eigenvalue weighted by atomic mass is 16.5. The van der Waals surface area contributed by atoms with E-state index in [1.165, 1.54) is 16.6 Å². The van der Waals surface area contributed by atoms with Gasteiger partial charge in [0, 0.05) is 30.4 Å². The number of anilines is 1. The molecule has 1 aliphatic rings. The van der Waals surface area contributed by atoms with Crippen molar-refractivity contribution in [3.8, 4) is 0 Å². The summed E-state index contributed by atoms with van der Waals surface area (Å²) in [6, 6.07) is 8.52. The number of benzene rings is 1. The zero-order chi connectivity index (χ0) is 11.7. The summed E-state index contributed by atoms with van der Waals surface area (Å²) in [6.07, 6.45) is 1.89. The molecule has 1 aromatic carbocycles. The number of aryl methyl sites for hydroxylation is 1. The van der Waals surface area contributed by atoms with Gasteiger partial charge < -0.3 is 9.64 Å². The Balaban J connectivity index is 2.11. The molecule has 0 atom stereocenters. The smallest absolute Gasteiger partial charge is 0.0722 e. The molecule has 3 nitrogen and oxygen atoms in total. The van der Waals surface area contributed by atoms with Gasteiger partial charge in [-0.1, -0.05) is 11.6 Å². The summed E-state index contributed by atoms with van der Waals surface area (Å²) in [5.74, 6) is 0. The number of nitrogens with zero attached hydrogens (tertiary/aromatic N) is 2. The lowest BCUT2D eigenvalue weighted by Gasteiger charge is -2.29. The maximum absolute atomic E-state index is 5.40. The summed E-state index contributed by atoms with van der Waals surface area (Å²) in [5, 5.41) is 1.24. The predicted octanol–water partition coefficient (Wildman–Crippen LogP) is 2.38. The van der Waals surface area contributed by atoms with Crippen LogP contribution in [0.1, 0.15) is 5.56 Å². The van der Waals surface area contributed by atoms with E-state index in [1.807, 2.05) is 6.20 Å². The summed E-state index contributed by atoms with van der Waals surface area (Å²) < 4.78 is 5.40. The van der Waals surface area contributed by atoms with E-state index in [1.54, 1.807) is 0 Å². The van der Waals surface area contributed by atoms with E-state index in [4.69, 9.17) is 4.74 Å². The third-order valence-electron chi connectivity index (χ3n) is 3.23. The van der Waals surface area contributed by atoms with Crippen LogP contribution in [0.3, 0.4) is 0 Å². The minimum absolute atomic E-state index is 0.815. The number of pyridine rings is 1. The van der Waals surface area contributed by atoms with Gasteiger partial charge in [0.15, 0.2) is 0 Å². The molecule has 3 rings (SSSR count). The molecule has 0 amide bonds. The van der Waals surface area contributed by atoms with Crippen LogP contribution >= 0.6 is 0 Å². The van der Waals surface area contributed by atoms with Crippen LogP contribution in [0, 0.1) is 6.92 Å². The van der Waals surface area contributed by atoms with Gasteiger partial charge in [0.25, 0.3) is 0 Å². The van der Waals surface area contributed by atoms with Gasteiger partial charge in [-0.25, -0.2) is 0 Å². The first-order valence-corrected chi connectivity index (χ1v) is 6.03. The van der Waals surface area contributed by atoms with Gasteiger partial charge in [-0.2, -0.15) is 0 Å². The van der Waals surface area contributed by atoms with Crippen molar-refractivity contribution in [2.75, 3.05) is 31.2 Å². The lowest BCUT2D eigenvalue weighted by Crippen LogP contribution is -2.36. The van der Waals surface area contributed by atoms with E-state index in [0.29, 0.717) is 0 Å². The second-order valence-corrected chi connectivity index (χ2v) is 4.45. The fraction of sp³-hybridized carbons (Fsp3) is 0.357. The Labute approximate surface area is 101 Å². The molecule has 0 radical (unpaired) electrons. The molecule has 88 valence electrons. The summed E-state index contributed by atoms with van der Waals surface area (Å²) >= 11 is 0. The number of fused-ring (bicyclic) bond motifs is 1. The van der Waals surface area contributed by atoms with Crippen LogP contribution in [0.5, 0.6) is 0 Å². The zero-order valence-corrected chi connectivity index (χ0v) is 10.0. The maximum atomic E-state index is 5.40. The van der Waals surface area contributed by atoms with Crippen molar-refractivity contribution in [3.05, 3.63) is 36.0 Å². The van der Waals surface area contributed by atoms with Crippen LogP contribution in [0.15, 0.2) is 30.5 Å². The molecule has 17 heavy (non-hydrogen) atoms. The van der Waals surface area contributed by atoms with E-state index in [0.717, 1.165) is 31.8 Å². The molecule has 1 aromatic heterocycles. The quantitative estimate of drug-likeness (QED) is 0.749. The summed E-state index contributed by atoms with van der Waals surface area (Å²) in [7, 11) is 0. The second kappa shape index (κ2) is 4.34. The van der Waals surface area contributed by atoms with Gasteiger partial charge in [0.2, 0.25) is 0 Å². The van der Waals surface area contributed by atoms with Crippen LogP contribution in [-0.2, 0) is 4.74 Å². The van der Waals surface area contributed by atoms with E-state index >= 15 is 0 Å². The summed E-state index contributed by atoms with van der Waals surface area (Å²) in [4.78, 5) is 6.80. The monoisotopic (exact) mass is 228 g/mol. The Kier molecular flexibility index (Phi) is 2.69. The van der Waals surface area contributed by atoms with Crippen molar-refractivity contribution < 1.29 is 4.74 Å². The molecule has 3 heteroatoms. The van der Waals surface area contributed by atoms with Crippen LogP contribution in [0.2, 0.25) is 0 Å². The SMILES string of the molecule is Cc1ccc2nccc(N3CCOCC3)c2c1. The zero-order valence-electron chi connectivity index (χ0n) is 10.0. The lowest BCUT2D eigenvalue weighted by atomic mass is 10.1. The van der Waals surface area contributed by atoms with Crippen molar-refractivity contribution in [3.63, 3.8) is 0 Å². The fourth-order valence-electron chi connectivity index (χ4n) is 2.33. The van der Waals surface area contributed by atoms with Crippen LogP contribution in [-0.4, -0.2) is 31.3 Å². The number of rotatable bonds is 1. The van der Waals surface area contributed by atoms with Gasteiger partial charge in [-0.15, -0.1) is 0 Å². The molecule has 0 N–H and O–H groups in total. The number of aromatic nitrogens is 1. The highest BCUT2D eigenvalue weighted by Crippen LogP contribution is 2.26. The molecular formula is C14H16N2O. The molecule has 1 fully saturated rings. The molecule has 0 unspecified atom stereocenters. The Morgan fingerprint density at radius 1 is 1.18 bits per heavy atom.